The minimum absolute atomic E-state index is 0.311. The van der Waals surface area contributed by atoms with E-state index in [0.29, 0.717) is 11.4 Å². The lowest BCUT2D eigenvalue weighted by molar-refractivity contribution is -0.120. The summed E-state index contributed by atoms with van der Waals surface area (Å²) in [4.78, 5) is 18.6. The van der Waals surface area contributed by atoms with E-state index in [1.807, 2.05) is 0 Å². The van der Waals surface area contributed by atoms with Crippen molar-refractivity contribution in [2.24, 2.45) is 10.8 Å². The van der Waals surface area contributed by atoms with Gasteiger partial charge in [0.2, 0.25) is 0 Å². The van der Waals surface area contributed by atoms with Gasteiger partial charge in [-0.3, -0.25) is 4.79 Å². The average molecular weight is 177 g/mol. The third-order valence-electron chi connectivity index (χ3n) is 1.71. The van der Waals surface area contributed by atoms with Crippen LogP contribution in [0.5, 0.6) is 0 Å². The highest BCUT2D eigenvalue weighted by Gasteiger charge is 2.27. The quantitative estimate of drug-likeness (QED) is 0.554. The fourth-order valence-electron chi connectivity index (χ4n) is 1.04. The van der Waals surface area contributed by atoms with E-state index in [1.165, 1.54) is 6.33 Å². The first-order valence-electron chi connectivity index (χ1n) is 3.68. The third-order valence-corrected chi connectivity index (χ3v) is 1.71. The Morgan fingerprint density at radius 2 is 2.38 bits per heavy atom. The van der Waals surface area contributed by atoms with Gasteiger partial charge in [-0.05, 0) is 6.07 Å². The zero-order valence-corrected chi connectivity index (χ0v) is 6.64. The van der Waals surface area contributed by atoms with E-state index in [4.69, 9.17) is 5.73 Å². The fourth-order valence-corrected chi connectivity index (χ4v) is 1.04. The summed E-state index contributed by atoms with van der Waals surface area (Å²) in [7, 11) is 0. The molecule has 1 atom stereocenters. The van der Waals surface area contributed by atoms with Gasteiger partial charge in [0, 0.05) is 6.20 Å². The number of aromatic nitrogens is 2. The maximum Gasteiger partial charge on any atom is 0.263 e. The van der Waals surface area contributed by atoms with Crippen LogP contribution in [0.15, 0.2) is 23.7 Å². The molecule has 6 nitrogen and oxygen atoms in total. The number of amides is 1. The van der Waals surface area contributed by atoms with Crippen LogP contribution in [0.25, 0.3) is 0 Å². The summed E-state index contributed by atoms with van der Waals surface area (Å²) < 4.78 is 0. The molecule has 1 aromatic rings. The molecular formula is C7H7N5O. The standard InChI is InChI=1S/C7H7N5O/c8-5-6(11-12-7(5)13)4-1-2-9-3-10-4/h1-3,5H,8H2,(H,12,13). The summed E-state index contributed by atoms with van der Waals surface area (Å²) in [6, 6.07) is 0.925. The molecule has 1 aliphatic heterocycles. The number of nitrogens with two attached hydrogens (primary N) is 1. The van der Waals surface area contributed by atoms with E-state index in [9.17, 15) is 4.79 Å². The number of nitrogens with zero attached hydrogens (tertiary/aromatic N) is 3. The van der Waals surface area contributed by atoms with Gasteiger partial charge in [0.25, 0.3) is 5.91 Å². The Hall–Kier alpha value is -1.82. The zero-order valence-electron chi connectivity index (χ0n) is 6.64. The SMILES string of the molecule is NC1C(=O)NN=C1c1ccncn1. The molecule has 2 rings (SSSR count). The summed E-state index contributed by atoms with van der Waals surface area (Å²) in [6.45, 7) is 0. The van der Waals surface area contributed by atoms with Crippen LogP contribution in [0.4, 0.5) is 0 Å². The van der Waals surface area contributed by atoms with Crippen molar-refractivity contribution in [3.63, 3.8) is 0 Å². The van der Waals surface area contributed by atoms with Crippen molar-refractivity contribution in [2.75, 3.05) is 0 Å². The van der Waals surface area contributed by atoms with Gasteiger partial charge in [-0.15, -0.1) is 0 Å². The van der Waals surface area contributed by atoms with E-state index >= 15 is 0 Å². The fraction of sp³-hybridized carbons (Fsp3) is 0.143. The molecule has 1 aliphatic rings. The lowest BCUT2D eigenvalue weighted by Gasteiger charge is -2.01. The minimum Gasteiger partial charge on any atom is -0.315 e. The molecule has 66 valence electrons. The molecule has 1 aromatic heterocycles. The number of nitrogens with one attached hydrogen (secondary N) is 1. The van der Waals surface area contributed by atoms with E-state index in [0.717, 1.165) is 0 Å². The molecule has 0 saturated carbocycles. The molecule has 0 saturated heterocycles. The van der Waals surface area contributed by atoms with Crippen molar-refractivity contribution in [3.8, 4) is 0 Å². The molecule has 0 bridgehead atoms. The van der Waals surface area contributed by atoms with Crippen LogP contribution in [0.2, 0.25) is 0 Å². The topological polar surface area (TPSA) is 93.3 Å². The van der Waals surface area contributed by atoms with Gasteiger partial charge in [-0.25, -0.2) is 15.4 Å². The normalized spacial score (nSPS) is 21.2. The molecule has 1 amide bonds. The Balaban J connectivity index is 2.34. The Morgan fingerprint density at radius 1 is 1.54 bits per heavy atom. The average Bonchev–Trinajstić information content (AvgIpc) is 2.49. The largest absolute Gasteiger partial charge is 0.315 e. The van der Waals surface area contributed by atoms with E-state index in [1.54, 1.807) is 12.3 Å². The predicted molar refractivity (Wildman–Crippen MR) is 44.7 cm³/mol. The van der Waals surface area contributed by atoms with Gasteiger partial charge < -0.3 is 5.73 Å². The van der Waals surface area contributed by atoms with Crippen LogP contribution < -0.4 is 11.2 Å². The molecule has 0 radical (unpaired) electrons. The first-order chi connectivity index (χ1) is 6.29. The molecule has 6 heteroatoms. The van der Waals surface area contributed by atoms with E-state index in [2.05, 4.69) is 20.5 Å². The molecule has 0 aliphatic carbocycles. The van der Waals surface area contributed by atoms with Crippen molar-refractivity contribution in [1.29, 1.82) is 0 Å². The molecule has 3 N–H and O–H groups in total. The lowest BCUT2D eigenvalue weighted by Crippen LogP contribution is -2.37. The van der Waals surface area contributed by atoms with Crippen molar-refractivity contribution in [2.45, 2.75) is 6.04 Å². The Labute approximate surface area is 73.9 Å². The first kappa shape index (κ1) is 7.81. The highest BCUT2D eigenvalue weighted by Crippen LogP contribution is 2.03. The number of hydrogen-bond donors (Lipinski definition) is 2. The summed E-state index contributed by atoms with van der Waals surface area (Å²) in [6.07, 6.45) is 2.95. The monoisotopic (exact) mass is 177 g/mol. The zero-order chi connectivity index (χ0) is 9.26. The summed E-state index contributed by atoms with van der Waals surface area (Å²) in [5.74, 6) is -0.311. The molecule has 0 aromatic carbocycles. The van der Waals surface area contributed by atoms with Gasteiger partial charge in [0.05, 0.1) is 5.69 Å². The number of carbonyl (C=O) groups excluding carboxylic acids is 1. The van der Waals surface area contributed by atoms with Crippen molar-refractivity contribution >= 4 is 11.6 Å². The number of hydrazone groups is 1. The lowest BCUT2D eigenvalue weighted by atomic mass is 10.1. The minimum atomic E-state index is -0.727. The molecule has 0 fully saturated rings. The van der Waals surface area contributed by atoms with Gasteiger partial charge in [0.15, 0.2) is 0 Å². The van der Waals surface area contributed by atoms with Gasteiger partial charge >= 0.3 is 0 Å². The Kier molecular flexibility index (Phi) is 1.75. The molecule has 13 heavy (non-hydrogen) atoms. The van der Waals surface area contributed by atoms with Crippen LogP contribution in [0.3, 0.4) is 0 Å². The van der Waals surface area contributed by atoms with Crippen LogP contribution in [-0.2, 0) is 4.79 Å². The second kappa shape index (κ2) is 2.91. The Bertz CT molecular complexity index is 360. The number of hydrogen-bond acceptors (Lipinski definition) is 5. The van der Waals surface area contributed by atoms with Crippen molar-refractivity contribution in [1.82, 2.24) is 15.4 Å². The first-order valence-corrected chi connectivity index (χ1v) is 3.68. The number of rotatable bonds is 1. The van der Waals surface area contributed by atoms with Crippen LogP contribution in [-0.4, -0.2) is 27.6 Å². The second-order valence-corrected chi connectivity index (χ2v) is 2.55. The predicted octanol–water partition coefficient (Wildman–Crippen LogP) is -1.36. The third kappa shape index (κ3) is 1.27. The van der Waals surface area contributed by atoms with Gasteiger partial charge in [-0.1, -0.05) is 0 Å². The smallest absolute Gasteiger partial charge is 0.263 e. The highest BCUT2D eigenvalue weighted by atomic mass is 16.2. The molecule has 1 unspecified atom stereocenters. The van der Waals surface area contributed by atoms with E-state index in [-0.39, 0.29) is 5.91 Å². The van der Waals surface area contributed by atoms with Gasteiger partial charge in [0.1, 0.15) is 18.1 Å². The second-order valence-electron chi connectivity index (χ2n) is 2.55. The molecular weight excluding hydrogens is 170 g/mol. The number of carbonyl (C=O) groups is 1. The van der Waals surface area contributed by atoms with Crippen molar-refractivity contribution in [3.05, 3.63) is 24.3 Å². The summed E-state index contributed by atoms with van der Waals surface area (Å²) in [5, 5.41) is 3.77. The molecule has 2 heterocycles. The summed E-state index contributed by atoms with van der Waals surface area (Å²) in [5.41, 5.74) is 8.85. The van der Waals surface area contributed by atoms with Crippen LogP contribution >= 0.6 is 0 Å². The summed E-state index contributed by atoms with van der Waals surface area (Å²) >= 11 is 0. The Morgan fingerprint density at radius 3 is 2.92 bits per heavy atom. The van der Waals surface area contributed by atoms with Crippen LogP contribution in [0.1, 0.15) is 5.69 Å². The molecule has 0 spiro atoms. The van der Waals surface area contributed by atoms with Gasteiger partial charge in [-0.2, -0.15) is 5.10 Å². The maximum atomic E-state index is 11.0. The van der Waals surface area contributed by atoms with Crippen molar-refractivity contribution < 1.29 is 4.79 Å². The van der Waals surface area contributed by atoms with Crippen LogP contribution in [0, 0.1) is 0 Å². The highest BCUT2D eigenvalue weighted by molar-refractivity contribution is 6.18. The maximum absolute atomic E-state index is 11.0. The van der Waals surface area contributed by atoms with E-state index < -0.39 is 6.04 Å².